The lowest BCUT2D eigenvalue weighted by molar-refractivity contribution is 0.591. The molecule has 0 aliphatic rings. The summed E-state index contributed by atoms with van der Waals surface area (Å²) in [6.45, 7) is 2.17. The van der Waals surface area contributed by atoms with Gasteiger partial charge in [-0.15, -0.1) is 0 Å². The van der Waals surface area contributed by atoms with Crippen LogP contribution in [0.25, 0.3) is 0 Å². The molecule has 3 heteroatoms. The summed E-state index contributed by atoms with van der Waals surface area (Å²) in [5.74, 6) is 0. The highest BCUT2D eigenvalue weighted by Gasteiger charge is 2.12. The molecule has 0 radical (unpaired) electrons. The van der Waals surface area contributed by atoms with Crippen molar-refractivity contribution in [1.29, 1.82) is 0 Å². The molecular weight excluding hydrogens is 216 g/mol. The molecule has 16 heavy (non-hydrogen) atoms. The molecule has 0 spiro atoms. The highest BCUT2D eigenvalue weighted by atomic mass is 32.1. The monoisotopic (exact) mass is 232 g/mol. The Bertz CT molecular complexity index is 436. The SMILES string of the molecule is CNC(Cc1ccncc1)c1cscc1C. The third kappa shape index (κ3) is 2.49. The smallest absolute Gasteiger partial charge is 0.0369 e. The van der Waals surface area contributed by atoms with Crippen LogP contribution in [0.4, 0.5) is 0 Å². The number of hydrogen-bond donors (Lipinski definition) is 1. The molecule has 0 aliphatic heterocycles. The maximum absolute atomic E-state index is 4.04. The average molecular weight is 232 g/mol. The van der Waals surface area contributed by atoms with Crippen LogP contribution >= 0.6 is 11.3 Å². The van der Waals surface area contributed by atoms with Gasteiger partial charge in [0.25, 0.3) is 0 Å². The Labute approximate surface area is 100 Å². The second-order valence-corrected chi connectivity index (χ2v) is 4.65. The predicted octanol–water partition coefficient (Wildman–Crippen LogP) is 2.95. The number of hydrogen-bond acceptors (Lipinski definition) is 3. The third-order valence-electron chi connectivity index (χ3n) is 2.81. The van der Waals surface area contributed by atoms with Gasteiger partial charge in [0, 0.05) is 18.4 Å². The van der Waals surface area contributed by atoms with Crippen LogP contribution in [-0.4, -0.2) is 12.0 Å². The second kappa shape index (κ2) is 5.23. The Kier molecular flexibility index (Phi) is 3.70. The van der Waals surface area contributed by atoms with E-state index in [0.717, 1.165) is 6.42 Å². The average Bonchev–Trinajstić information content (AvgIpc) is 2.74. The van der Waals surface area contributed by atoms with E-state index in [1.165, 1.54) is 16.7 Å². The van der Waals surface area contributed by atoms with E-state index < -0.39 is 0 Å². The van der Waals surface area contributed by atoms with Crippen LogP contribution in [0.15, 0.2) is 35.3 Å². The van der Waals surface area contributed by atoms with Crippen molar-refractivity contribution in [1.82, 2.24) is 10.3 Å². The lowest BCUT2D eigenvalue weighted by atomic mass is 9.99. The molecule has 0 saturated carbocycles. The number of aryl methyl sites for hydroxylation is 1. The molecule has 1 atom stereocenters. The summed E-state index contributed by atoms with van der Waals surface area (Å²) in [5, 5.41) is 7.81. The molecule has 0 saturated heterocycles. The normalized spacial score (nSPS) is 12.6. The summed E-state index contributed by atoms with van der Waals surface area (Å²) in [5.41, 5.74) is 4.10. The molecule has 1 N–H and O–H groups in total. The van der Waals surface area contributed by atoms with E-state index in [1.807, 2.05) is 19.4 Å². The van der Waals surface area contributed by atoms with Crippen LogP contribution < -0.4 is 5.32 Å². The summed E-state index contributed by atoms with van der Waals surface area (Å²) >= 11 is 1.77. The lowest BCUT2D eigenvalue weighted by Crippen LogP contribution is -2.19. The van der Waals surface area contributed by atoms with E-state index >= 15 is 0 Å². The number of likely N-dealkylation sites (N-methyl/N-ethyl adjacent to an activating group) is 1. The highest BCUT2D eigenvalue weighted by molar-refractivity contribution is 7.08. The van der Waals surface area contributed by atoms with Gasteiger partial charge in [-0.05, 0) is 60.0 Å². The van der Waals surface area contributed by atoms with Crippen LogP contribution in [0.1, 0.15) is 22.7 Å². The van der Waals surface area contributed by atoms with Gasteiger partial charge in [0.2, 0.25) is 0 Å². The lowest BCUT2D eigenvalue weighted by Gasteiger charge is -2.16. The minimum absolute atomic E-state index is 0.397. The van der Waals surface area contributed by atoms with E-state index in [1.54, 1.807) is 11.3 Å². The van der Waals surface area contributed by atoms with Crippen molar-refractivity contribution in [3.8, 4) is 0 Å². The maximum Gasteiger partial charge on any atom is 0.0369 e. The van der Waals surface area contributed by atoms with Crippen LogP contribution in [0, 0.1) is 6.92 Å². The van der Waals surface area contributed by atoms with E-state index in [9.17, 15) is 0 Å². The van der Waals surface area contributed by atoms with Crippen molar-refractivity contribution in [2.24, 2.45) is 0 Å². The van der Waals surface area contributed by atoms with Crippen molar-refractivity contribution in [3.05, 3.63) is 52.0 Å². The molecule has 0 aliphatic carbocycles. The van der Waals surface area contributed by atoms with Gasteiger partial charge in [-0.1, -0.05) is 0 Å². The van der Waals surface area contributed by atoms with Crippen molar-refractivity contribution >= 4 is 11.3 Å². The summed E-state index contributed by atoms with van der Waals surface area (Å²) in [6, 6.07) is 4.55. The number of pyridine rings is 1. The van der Waals surface area contributed by atoms with E-state index in [0.29, 0.717) is 6.04 Å². The first-order valence-electron chi connectivity index (χ1n) is 5.40. The molecule has 2 aromatic heterocycles. The minimum atomic E-state index is 0.397. The molecular formula is C13H16N2S. The number of nitrogens with zero attached hydrogens (tertiary/aromatic N) is 1. The summed E-state index contributed by atoms with van der Waals surface area (Å²) in [7, 11) is 2.02. The van der Waals surface area contributed by atoms with E-state index in [2.05, 4.69) is 40.1 Å². The Morgan fingerprint density at radius 1 is 1.31 bits per heavy atom. The van der Waals surface area contributed by atoms with Gasteiger partial charge in [0.15, 0.2) is 0 Å². The van der Waals surface area contributed by atoms with Crippen molar-refractivity contribution in [3.63, 3.8) is 0 Å². The number of thiophene rings is 1. The molecule has 1 unspecified atom stereocenters. The molecule has 0 aromatic carbocycles. The van der Waals surface area contributed by atoms with Crippen molar-refractivity contribution in [2.45, 2.75) is 19.4 Å². The zero-order chi connectivity index (χ0) is 11.4. The Hall–Kier alpha value is -1.19. The molecule has 0 bridgehead atoms. The summed E-state index contributed by atoms with van der Waals surface area (Å²) in [4.78, 5) is 4.04. The van der Waals surface area contributed by atoms with Crippen LogP contribution in [0.5, 0.6) is 0 Å². The first-order valence-corrected chi connectivity index (χ1v) is 6.34. The second-order valence-electron chi connectivity index (χ2n) is 3.91. The summed E-state index contributed by atoms with van der Waals surface area (Å²) < 4.78 is 0. The predicted molar refractivity (Wildman–Crippen MR) is 68.8 cm³/mol. The van der Waals surface area contributed by atoms with Gasteiger partial charge in [-0.3, -0.25) is 4.98 Å². The fourth-order valence-electron chi connectivity index (χ4n) is 1.85. The van der Waals surface area contributed by atoms with Crippen LogP contribution in [0.3, 0.4) is 0 Å². The quantitative estimate of drug-likeness (QED) is 0.876. The fraction of sp³-hybridized carbons (Fsp3) is 0.308. The van der Waals surface area contributed by atoms with E-state index in [-0.39, 0.29) is 0 Å². The van der Waals surface area contributed by atoms with Crippen LogP contribution in [0.2, 0.25) is 0 Å². The number of rotatable bonds is 4. The molecule has 2 rings (SSSR count). The molecule has 2 nitrogen and oxygen atoms in total. The van der Waals surface area contributed by atoms with Gasteiger partial charge in [0.1, 0.15) is 0 Å². The van der Waals surface area contributed by atoms with Crippen LogP contribution in [-0.2, 0) is 6.42 Å². The Morgan fingerprint density at radius 3 is 2.62 bits per heavy atom. The molecule has 2 heterocycles. The van der Waals surface area contributed by atoms with Gasteiger partial charge < -0.3 is 5.32 Å². The molecule has 2 aromatic rings. The molecule has 0 amide bonds. The minimum Gasteiger partial charge on any atom is -0.313 e. The van der Waals surface area contributed by atoms with Gasteiger partial charge in [0.05, 0.1) is 0 Å². The van der Waals surface area contributed by atoms with E-state index in [4.69, 9.17) is 0 Å². The Morgan fingerprint density at radius 2 is 2.06 bits per heavy atom. The fourth-order valence-corrected chi connectivity index (χ4v) is 2.75. The number of nitrogens with one attached hydrogen (secondary N) is 1. The molecule has 84 valence electrons. The number of aromatic nitrogens is 1. The topological polar surface area (TPSA) is 24.9 Å². The highest BCUT2D eigenvalue weighted by Crippen LogP contribution is 2.24. The maximum atomic E-state index is 4.04. The Balaban J connectivity index is 2.16. The zero-order valence-corrected chi connectivity index (χ0v) is 10.4. The molecule has 0 fully saturated rings. The van der Waals surface area contributed by atoms with Gasteiger partial charge in [-0.25, -0.2) is 0 Å². The first kappa shape index (κ1) is 11.3. The zero-order valence-electron chi connectivity index (χ0n) is 9.60. The summed E-state index contributed by atoms with van der Waals surface area (Å²) in [6.07, 6.45) is 4.71. The standard InChI is InChI=1S/C13H16N2S/c1-10-8-16-9-12(10)13(14-2)7-11-3-5-15-6-4-11/h3-6,8-9,13-14H,7H2,1-2H3. The van der Waals surface area contributed by atoms with Gasteiger partial charge >= 0.3 is 0 Å². The van der Waals surface area contributed by atoms with Crippen molar-refractivity contribution < 1.29 is 0 Å². The van der Waals surface area contributed by atoms with Gasteiger partial charge in [-0.2, -0.15) is 11.3 Å². The first-order chi connectivity index (χ1) is 7.81. The third-order valence-corrected chi connectivity index (χ3v) is 3.69. The van der Waals surface area contributed by atoms with Crippen molar-refractivity contribution in [2.75, 3.05) is 7.05 Å². The largest absolute Gasteiger partial charge is 0.313 e.